The number of allylic oxidation sites excluding steroid dienone is 5. The molecule has 1 amide bonds. The van der Waals surface area contributed by atoms with Gasteiger partial charge in [-0.15, -0.1) is 0 Å². The van der Waals surface area contributed by atoms with Crippen molar-refractivity contribution >= 4 is 30.0 Å². The molecule has 0 fully saturated rings. The van der Waals surface area contributed by atoms with Crippen molar-refractivity contribution in [1.82, 2.24) is 10.2 Å². The number of hydrogen-bond acceptors (Lipinski definition) is 3. The third-order valence-electron chi connectivity index (χ3n) is 7.31. The molecule has 0 saturated carbocycles. The predicted molar refractivity (Wildman–Crippen MR) is 172 cm³/mol. The number of nitrogens with one attached hydrogen (secondary N) is 1. The molecule has 0 aliphatic rings. The van der Waals surface area contributed by atoms with E-state index in [1.165, 1.54) is 6.07 Å². The fourth-order valence-electron chi connectivity index (χ4n) is 5.04. The Balaban J connectivity index is 2.05. The van der Waals surface area contributed by atoms with Gasteiger partial charge in [0, 0.05) is 42.6 Å². The molecule has 7 heteroatoms. The third-order valence-corrected chi connectivity index (χ3v) is 7.31. The Hall–Kier alpha value is -3.87. The number of carbonyl (C=O) groups is 2. The molecule has 4 nitrogen and oxygen atoms in total. The van der Waals surface area contributed by atoms with Gasteiger partial charge in [-0.3, -0.25) is 9.59 Å². The molecule has 1 atom stereocenters. The Morgan fingerprint density at radius 2 is 1.70 bits per heavy atom. The molecule has 1 unspecified atom stereocenters. The number of hydrogen-bond donors (Lipinski definition) is 1. The van der Waals surface area contributed by atoms with Gasteiger partial charge in [0.1, 0.15) is 6.54 Å². The van der Waals surface area contributed by atoms with Gasteiger partial charge in [-0.2, -0.15) is 13.2 Å². The van der Waals surface area contributed by atoms with Gasteiger partial charge in [-0.05, 0) is 73.9 Å². The van der Waals surface area contributed by atoms with E-state index in [-0.39, 0.29) is 11.3 Å². The zero-order valence-electron chi connectivity index (χ0n) is 26.1. The van der Waals surface area contributed by atoms with Crippen molar-refractivity contribution in [2.75, 3.05) is 20.1 Å². The Morgan fingerprint density at radius 3 is 2.28 bits per heavy atom. The molecular formula is C36H45F3N2O2. The van der Waals surface area contributed by atoms with Crippen LogP contribution in [0, 0.1) is 12.8 Å². The van der Waals surface area contributed by atoms with E-state index in [1.54, 1.807) is 13.0 Å². The molecule has 2 aromatic carbocycles. The molecule has 0 saturated heterocycles. The largest absolute Gasteiger partial charge is 0.405 e. The molecule has 0 aliphatic carbocycles. The number of ketones is 1. The third kappa shape index (κ3) is 11.7. The van der Waals surface area contributed by atoms with Crippen LogP contribution in [-0.4, -0.2) is 42.9 Å². The summed E-state index contributed by atoms with van der Waals surface area (Å²) in [4.78, 5) is 27.4. The summed E-state index contributed by atoms with van der Waals surface area (Å²) in [5.41, 5.74) is 4.57. The second kappa shape index (κ2) is 16.7. The fourth-order valence-corrected chi connectivity index (χ4v) is 5.04. The van der Waals surface area contributed by atoms with Gasteiger partial charge in [-0.1, -0.05) is 80.6 Å². The number of Topliss-reactive ketones (excluding diaryl/α,β-unsaturated/α-hetero) is 1. The van der Waals surface area contributed by atoms with Crippen LogP contribution in [0.4, 0.5) is 13.2 Å². The van der Waals surface area contributed by atoms with Crippen molar-refractivity contribution in [3.05, 3.63) is 99.5 Å². The highest BCUT2D eigenvalue weighted by molar-refractivity contribution is 5.96. The summed E-state index contributed by atoms with van der Waals surface area (Å²) in [5, 5.41) is 3.35. The Bertz CT molecular complexity index is 1440. The Kier molecular flexibility index (Phi) is 13.7. The molecule has 0 aromatic heterocycles. The van der Waals surface area contributed by atoms with Crippen molar-refractivity contribution in [1.29, 1.82) is 0 Å². The quantitative estimate of drug-likeness (QED) is 0.173. The van der Waals surface area contributed by atoms with E-state index in [1.807, 2.05) is 79.8 Å². The lowest BCUT2D eigenvalue weighted by molar-refractivity contribution is -0.123. The second-order valence-corrected chi connectivity index (χ2v) is 11.1. The van der Waals surface area contributed by atoms with Crippen molar-refractivity contribution in [3.63, 3.8) is 0 Å². The number of rotatable bonds is 15. The molecule has 1 N–H and O–H groups in total. The lowest BCUT2D eigenvalue weighted by Crippen LogP contribution is -2.37. The Morgan fingerprint density at radius 1 is 1.05 bits per heavy atom. The molecule has 43 heavy (non-hydrogen) atoms. The van der Waals surface area contributed by atoms with Gasteiger partial charge in [0.2, 0.25) is 0 Å². The van der Waals surface area contributed by atoms with Gasteiger partial charge in [0.05, 0.1) is 0 Å². The molecule has 0 spiro atoms. The van der Waals surface area contributed by atoms with Crippen molar-refractivity contribution in [2.24, 2.45) is 5.92 Å². The first kappa shape index (κ1) is 35.3. The first-order valence-electron chi connectivity index (χ1n) is 14.7. The van der Waals surface area contributed by atoms with Crippen molar-refractivity contribution < 1.29 is 22.8 Å². The smallest absolute Gasteiger partial charge is 0.380 e. The SMILES string of the molecule is C=C(C)/C=C\C(=C/C)c1ccc(C(=O)CCCC(CCC)CN(C)/C=c2/c(C)c(C(=O)NCC(F)(F)F)ccc2=C)cc1. The maximum atomic E-state index is 12.9. The van der Waals surface area contributed by atoms with E-state index in [9.17, 15) is 22.8 Å². The maximum Gasteiger partial charge on any atom is 0.405 e. The normalized spacial score (nSPS) is 13.3. The summed E-state index contributed by atoms with van der Waals surface area (Å²) in [6.07, 6.45) is 7.58. The molecule has 0 bridgehead atoms. The minimum absolute atomic E-state index is 0.124. The molecule has 0 radical (unpaired) electrons. The molecular weight excluding hydrogens is 549 g/mol. The number of alkyl halides is 3. The summed E-state index contributed by atoms with van der Waals surface area (Å²) in [5.74, 6) is -0.290. The monoisotopic (exact) mass is 594 g/mol. The van der Waals surface area contributed by atoms with Crippen LogP contribution in [0.15, 0.2) is 66.8 Å². The summed E-state index contributed by atoms with van der Waals surface area (Å²) < 4.78 is 37.8. The summed E-state index contributed by atoms with van der Waals surface area (Å²) in [7, 11) is 1.94. The van der Waals surface area contributed by atoms with Gasteiger partial charge in [-0.25, -0.2) is 0 Å². The molecule has 2 aromatic rings. The number of nitrogens with zero attached hydrogens (tertiary/aromatic N) is 1. The molecule has 0 heterocycles. The molecule has 0 aliphatic heterocycles. The van der Waals surface area contributed by atoms with Gasteiger partial charge in [0.15, 0.2) is 5.78 Å². The van der Waals surface area contributed by atoms with Crippen LogP contribution >= 0.6 is 0 Å². The van der Waals surface area contributed by atoms with Crippen LogP contribution in [-0.2, 0) is 0 Å². The minimum atomic E-state index is -4.48. The standard InChI is InChI=1S/C36H45F3N2O2/c1-8-11-28(12-10-13-34(42)31-19-17-30(18-20-31)29(9-2)16-14-25(3)4)22-41(7)23-33-26(5)15-21-32(27(33)6)35(43)40-24-36(37,38)39/h9,14-21,23,28H,3,5,8,10-13,22,24H2,1-2,4,6-7H3,(H,40,43)/b16-14-,29-9+,33-23+. The van der Waals surface area contributed by atoms with Crippen LogP contribution < -0.4 is 15.8 Å². The predicted octanol–water partition coefficient (Wildman–Crippen LogP) is 7.37. The van der Waals surface area contributed by atoms with Gasteiger partial charge < -0.3 is 10.2 Å². The lowest BCUT2D eigenvalue weighted by Gasteiger charge is -2.23. The number of benzene rings is 2. The number of halogens is 3. The highest BCUT2D eigenvalue weighted by Gasteiger charge is 2.28. The number of carbonyl (C=O) groups excluding carboxylic acids is 2. The van der Waals surface area contributed by atoms with Crippen LogP contribution in [0.1, 0.15) is 84.7 Å². The maximum absolute atomic E-state index is 12.9. The highest BCUT2D eigenvalue weighted by atomic mass is 19.4. The Labute approximate surface area is 254 Å². The fraction of sp³-hybridized carbons (Fsp3) is 0.389. The van der Waals surface area contributed by atoms with Gasteiger partial charge >= 0.3 is 6.18 Å². The second-order valence-electron chi connectivity index (χ2n) is 11.1. The van der Waals surface area contributed by atoms with E-state index >= 15 is 0 Å². The van der Waals surface area contributed by atoms with Gasteiger partial charge in [0.25, 0.3) is 5.91 Å². The summed E-state index contributed by atoms with van der Waals surface area (Å²) in [6.45, 7) is 15.1. The molecule has 232 valence electrons. The van der Waals surface area contributed by atoms with E-state index in [4.69, 9.17) is 0 Å². The molecule has 2 rings (SSSR count). The topological polar surface area (TPSA) is 49.4 Å². The minimum Gasteiger partial charge on any atom is -0.380 e. The van der Waals surface area contributed by atoms with Crippen LogP contribution in [0.3, 0.4) is 0 Å². The first-order valence-corrected chi connectivity index (χ1v) is 14.7. The zero-order valence-corrected chi connectivity index (χ0v) is 26.1. The lowest BCUT2D eigenvalue weighted by atomic mass is 9.94. The van der Waals surface area contributed by atoms with Crippen LogP contribution in [0.25, 0.3) is 18.4 Å². The summed E-state index contributed by atoms with van der Waals surface area (Å²) >= 11 is 0. The van der Waals surface area contributed by atoms with Crippen LogP contribution in [0.5, 0.6) is 0 Å². The zero-order chi connectivity index (χ0) is 32.2. The van der Waals surface area contributed by atoms with Crippen molar-refractivity contribution in [2.45, 2.75) is 66.0 Å². The van der Waals surface area contributed by atoms with Crippen molar-refractivity contribution in [3.8, 4) is 0 Å². The van der Waals surface area contributed by atoms with Crippen LogP contribution in [0.2, 0.25) is 0 Å². The van der Waals surface area contributed by atoms with E-state index in [0.29, 0.717) is 33.9 Å². The average molecular weight is 595 g/mol. The van der Waals surface area contributed by atoms with E-state index in [2.05, 4.69) is 20.1 Å². The average Bonchev–Trinajstić information content (AvgIpc) is 2.94. The summed E-state index contributed by atoms with van der Waals surface area (Å²) in [6, 6.07) is 10.9. The van der Waals surface area contributed by atoms with E-state index in [0.717, 1.165) is 48.9 Å². The first-order chi connectivity index (χ1) is 20.2. The highest BCUT2D eigenvalue weighted by Crippen LogP contribution is 2.21. The van der Waals surface area contributed by atoms with E-state index < -0.39 is 18.6 Å². The number of amides is 1.